The number of nitrogens with one attached hydrogen (secondary N) is 1. The summed E-state index contributed by atoms with van der Waals surface area (Å²) >= 11 is 5.84. The molecular formula is C15H14ClNO2. The maximum absolute atomic E-state index is 11.7. The molecule has 0 aliphatic rings. The molecule has 2 aromatic carbocycles. The van der Waals surface area contributed by atoms with Crippen LogP contribution in [0.5, 0.6) is 0 Å². The molecule has 2 rings (SSSR count). The first-order valence-electron chi connectivity index (χ1n) is 5.93. The molecule has 2 aromatic rings. The lowest BCUT2D eigenvalue weighted by Crippen LogP contribution is -2.15. The summed E-state index contributed by atoms with van der Waals surface area (Å²) in [6.45, 7) is 1.83. The molecule has 0 heterocycles. The van der Waals surface area contributed by atoms with Crippen LogP contribution in [0, 0.1) is 0 Å². The van der Waals surface area contributed by atoms with Gasteiger partial charge >= 0.3 is 6.09 Å². The number of halogens is 1. The third kappa shape index (κ3) is 4.00. The first-order valence-corrected chi connectivity index (χ1v) is 6.31. The van der Waals surface area contributed by atoms with Crippen LogP contribution in [0.2, 0.25) is 5.02 Å². The molecule has 0 unspecified atom stereocenters. The van der Waals surface area contributed by atoms with E-state index in [0.717, 1.165) is 5.56 Å². The summed E-state index contributed by atoms with van der Waals surface area (Å²) in [6, 6.07) is 16.5. The highest BCUT2D eigenvalue weighted by Crippen LogP contribution is 2.18. The molecule has 1 atom stereocenters. The molecule has 98 valence electrons. The van der Waals surface area contributed by atoms with E-state index in [0.29, 0.717) is 10.7 Å². The summed E-state index contributed by atoms with van der Waals surface area (Å²) in [4.78, 5) is 11.7. The second-order valence-corrected chi connectivity index (χ2v) is 4.53. The summed E-state index contributed by atoms with van der Waals surface area (Å²) in [5.74, 6) is 0. The van der Waals surface area contributed by atoms with E-state index in [2.05, 4.69) is 5.32 Å². The second-order valence-electron chi connectivity index (χ2n) is 4.09. The summed E-state index contributed by atoms with van der Waals surface area (Å²) in [5.41, 5.74) is 1.56. The van der Waals surface area contributed by atoms with Gasteiger partial charge < -0.3 is 4.74 Å². The first kappa shape index (κ1) is 13.4. The minimum absolute atomic E-state index is 0.305. The minimum Gasteiger partial charge on any atom is -0.441 e. The average Bonchev–Trinajstić information content (AvgIpc) is 2.39. The number of carbonyl (C=O) groups is 1. The van der Waals surface area contributed by atoms with E-state index in [9.17, 15) is 4.79 Å². The quantitative estimate of drug-likeness (QED) is 0.885. The normalized spacial score (nSPS) is 11.7. The lowest BCUT2D eigenvalue weighted by Gasteiger charge is -2.14. The van der Waals surface area contributed by atoms with E-state index in [4.69, 9.17) is 16.3 Å². The third-order valence-corrected chi connectivity index (χ3v) is 2.86. The number of hydrogen-bond acceptors (Lipinski definition) is 2. The van der Waals surface area contributed by atoms with Crippen LogP contribution in [0.1, 0.15) is 18.6 Å². The second kappa shape index (κ2) is 6.25. The van der Waals surface area contributed by atoms with Crippen LogP contribution in [0.3, 0.4) is 0 Å². The molecule has 19 heavy (non-hydrogen) atoms. The fourth-order valence-electron chi connectivity index (χ4n) is 1.67. The number of ether oxygens (including phenoxy) is 1. The molecule has 0 spiro atoms. The topological polar surface area (TPSA) is 38.3 Å². The fourth-order valence-corrected chi connectivity index (χ4v) is 1.86. The lowest BCUT2D eigenvalue weighted by atomic mass is 10.1. The van der Waals surface area contributed by atoms with Crippen molar-refractivity contribution in [2.24, 2.45) is 0 Å². The molecule has 0 saturated carbocycles. The Bertz CT molecular complexity index is 557. The van der Waals surface area contributed by atoms with Gasteiger partial charge in [0.05, 0.1) is 0 Å². The van der Waals surface area contributed by atoms with Crippen LogP contribution < -0.4 is 5.32 Å². The zero-order valence-corrected chi connectivity index (χ0v) is 11.2. The van der Waals surface area contributed by atoms with Crippen molar-refractivity contribution in [1.82, 2.24) is 0 Å². The summed E-state index contributed by atoms with van der Waals surface area (Å²) in [7, 11) is 0. The third-order valence-electron chi connectivity index (χ3n) is 2.62. The van der Waals surface area contributed by atoms with Crippen molar-refractivity contribution in [1.29, 1.82) is 0 Å². The van der Waals surface area contributed by atoms with Gasteiger partial charge in [-0.2, -0.15) is 0 Å². The van der Waals surface area contributed by atoms with E-state index in [1.165, 1.54) is 0 Å². The monoisotopic (exact) mass is 275 g/mol. The molecule has 0 radical (unpaired) electrons. The first-order chi connectivity index (χ1) is 9.15. The van der Waals surface area contributed by atoms with Gasteiger partial charge in [0.25, 0.3) is 0 Å². The number of carbonyl (C=O) groups excluding carboxylic acids is 1. The molecule has 0 aromatic heterocycles. The highest BCUT2D eigenvalue weighted by atomic mass is 35.5. The van der Waals surface area contributed by atoms with E-state index in [1.807, 2.05) is 37.3 Å². The number of anilines is 1. The molecular weight excluding hydrogens is 262 g/mol. The Kier molecular flexibility index (Phi) is 4.42. The SMILES string of the molecule is C[C@@H](OC(=O)Nc1cccc(Cl)c1)c1ccccc1. The number of benzene rings is 2. The van der Waals surface area contributed by atoms with Crippen LogP contribution in [0.25, 0.3) is 0 Å². The zero-order valence-electron chi connectivity index (χ0n) is 10.5. The van der Waals surface area contributed by atoms with Crippen molar-refractivity contribution in [3.63, 3.8) is 0 Å². The molecule has 0 bridgehead atoms. The van der Waals surface area contributed by atoms with Crippen molar-refractivity contribution in [2.45, 2.75) is 13.0 Å². The number of rotatable bonds is 3. The molecule has 4 heteroatoms. The summed E-state index contributed by atoms with van der Waals surface area (Å²) in [5, 5.41) is 3.20. The molecule has 0 saturated heterocycles. The Morgan fingerprint density at radius 3 is 2.58 bits per heavy atom. The Labute approximate surface area is 117 Å². The van der Waals surface area contributed by atoms with Crippen molar-refractivity contribution >= 4 is 23.4 Å². The zero-order chi connectivity index (χ0) is 13.7. The van der Waals surface area contributed by atoms with E-state index >= 15 is 0 Å². The average molecular weight is 276 g/mol. The Balaban J connectivity index is 1.95. The van der Waals surface area contributed by atoms with Crippen LogP contribution in [-0.4, -0.2) is 6.09 Å². The minimum atomic E-state index is -0.501. The Morgan fingerprint density at radius 2 is 1.89 bits per heavy atom. The highest BCUT2D eigenvalue weighted by molar-refractivity contribution is 6.30. The van der Waals surface area contributed by atoms with E-state index in [-0.39, 0.29) is 6.10 Å². The van der Waals surface area contributed by atoms with Gasteiger partial charge in [0.15, 0.2) is 0 Å². The predicted molar refractivity (Wildman–Crippen MR) is 76.4 cm³/mol. The van der Waals surface area contributed by atoms with Crippen LogP contribution in [0.15, 0.2) is 54.6 Å². The Morgan fingerprint density at radius 1 is 1.16 bits per heavy atom. The van der Waals surface area contributed by atoms with Crippen molar-refractivity contribution in [3.8, 4) is 0 Å². The van der Waals surface area contributed by atoms with Crippen molar-refractivity contribution in [3.05, 3.63) is 65.2 Å². The molecule has 0 fully saturated rings. The van der Waals surface area contributed by atoms with E-state index in [1.54, 1.807) is 24.3 Å². The number of amides is 1. The smallest absolute Gasteiger partial charge is 0.412 e. The molecule has 1 N–H and O–H groups in total. The van der Waals surface area contributed by atoms with Gasteiger partial charge in [-0.1, -0.05) is 48.0 Å². The van der Waals surface area contributed by atoms with E-state index < -0.39 is 6.09 Å². The van der Waals surface area contributed by atoms with Crippen molar-refractivity contribution < 1.29 is 9.53 Å². The fraction of sp³-hybridized carbons (Fsp3) is 0.133. The lowest BCUT2D eigenvalue weighted by molar-refractivity contribution is 0.121. The standard InChI is InChI=1S/C15H14ClNO2/c1-11(12-6-3-2-4-7-12)19-15(18)17-14-9-5-8-13(16)10-14/h2-11H,1H3,(H,17,18)/t11-/m1/s1. The predicted octanol–water partition coefficient (Wildman–Crippen LogP) is 4.65. The van der Waals surface area contributed by atoms with Crippen molar-refractivity contribution in [2.75, 3.05) is 5.32 Å². The van der Waals surface area contributed by atoms with Gasteiger partial charge in [0.1, 0.15) is 6.10 Å². The van der Waals surface area contributed by atoms with Gasteiger partial charge in [0, 0.05) is 10.7 Å². The molecule has 0 aliphatic heterocycles. The van der Waals surface area contributed by atoms with Gasteiger partial charge in [-0.05, 0) is 30.7 Å². The maximum Gasteiger partial charge on any atom is 0.412 e. The van der Waals surface area contributed by atoms with Crippen LogP contribution in [0.4, 0.5) is 10.5 Å². The van der Waals surface area contributed by atoms with Crippen LogP contribution in [-0.2, 0) is 4.74 Å². The molecule has 0 aliphatic carbocycles. The Hall–Kier alpha value is -2.00. The summed E-state index contributed by atoms with van der Waals surface area (Å²) < 4.78 is 5.29. The number of hydrogen-bond donors (Lipinski definition) is 1. The largest absolute Gasteiger partial charge is 0.441 e. The van der Waals surface area contributed by atoms with Gasteiger partial charge in [0.2, 0.25) is 0 Å². The summed E-state index contributed by atoms with van der Waals surface area (Å²) in [6.07, 6.45) is -0.806. The van der Waals surface area contributed by atoms with Gasteiger partial charge in [-0.15, -0.1) is 0 Å². The van der Waals surface area contributed by atoms with Crippen LogP contribution >= 0.6 is 11.6 Å². The van der Waals surface area contributed by atoms with Gasteiger partial charge in [-0.25, -0.2) is 4.79 Å². The molecule has 1 amide bonds. The maximum atomic E-state index is 11.7. The highest BCUT2D eigenvalue weighted by Gasteiger charge is 2.11. The van der Waals surface area contributed by atoms with Gasteiger partial charge in [-0.3, -0.25) is 5.32 Å². The molecule has 3 nitrogen and oxygen atoms in total.